The Morgan fingerprint density at radius 3 is 2.81 bits per heavy atom. The molecule has 2 heteroatoms. The third-order valence-corrected chi connectivity index (χ3v) is 2.95. The monoisotopic (exact) mass is 219 g/mol. The topological polar surface area (TPSA) is 21.3 Å². The first-order valence-corrected chi connectivity index (χ1v) is 6.27. The van der Waals surface area contributed by atoms with Crippen LogP contribution >= 0.6 is 0 Å². The van der Waals surface area contributed by atoms with E-state index in [9.17, 15) is 0 Å². The fraction of sp³-hybridized carbons (Fsp3) is 0.571. The van der Waals surface area contributed by atoms with Gasteiger partial charge in [0, 0.05) is 12.6 Å². The van der Waals surface area contributed by atoms with Gasteiger partial charge in [-0.3, -0.25) is 0 Å². The third-order valence-electron chi connectivity index (χ3n) is 2.95. The molecule has 2 nitrogen and oxygen atoms in total. The molecule has 0 heterocycles. The first-order valence-electron chi connectivity index (χ1n) is 6.27. The van der Waals surface area contributed by atoms with Crippen LogP contribution in [0.3, 0.4) is 0 Å². The summed E-state index contributed by atoms with van der Waals surface area (Å²) in [7, 11) is 0. The van der Waals surface area contributed by atoms with Crippen molar-refractivity contribution in [1.82, 2.24) is 5.32 Å². The van der Waals surface area contributed by atoms with Crippen LogP contribution < -0.4 is 10.1 Å². The van der Waals surface area contributed by atoms with Gasteiger partial charge in [-0.1, -0.05) is 25.1 Å². The van der Waals surface area contributed by atoms with E-state index in [0.717, 1.165) is 24.8 Å². The lowest BCUT2D eigenvalue weighted by Crippen LogP contribution is -2.30. The molecule has 16 heavy (non-hydrogen) atoms. The Morgan fingerprint density at radius 2 is 2.12 bits per heavy atom. The molecule has 0 radical (unpaired) electrons. The Bertz CT molecular complexity index is 333. The maximum Gasteiger partial charge on any atom is 0.122 e. The van der Waals surface area contributed by atoms with Crippen LogP contribution in [0.2, 0.25) is 0 Å². The van der Waals surface area contributed by atoms with Crippen molar-refractivity contribution in [2.24, 2.45) is 0 Å². The van der Waals surface area contributed by atoms with E-state index in [0.29, 0.717) is 0 Å². The zero-order chi connectivity index (χ0) is 11.4. The van der Waals surface area contributed by atoms with Crippen molar-refractivity contribution < 1.29 is 4.74 Å². The van der Waals surface area contributed by atoms with Crippen LogP contribution in [0.15, 0.2) is 24.3 Å². The summed E-state index contributed by atoms with van der Waals surface area (Å²) in [5.41, 5.74) is 1.29. The molecule has 0 saturated heterocycles. The van der Waals surface area contributed by atoms with Crippen LogP contribution in [0.25, 0.3) is 0 Å². The molecule has 1 aliphatic carbocycles. The molecule has 1 aromatic rings. The summed E-state index contributed by atoms with van der Waals surface area (Å²) in [4.78, 5) is 0. The molecule has 1 aliphatic rings. The molecule has 1 saturated carbocycles. The van der Waals surface area contributed by atoms with Gasteiger partial charge in [-0.05, 0) is 37.8 Å². The molecule has 1 atom stereocenters. The Labute approximate surface area is 98.0 Å². The zero-order valence-corrected chi connectivity index (χ0v) is 10.2. The van der Waals surface area contributed by atoms with Crippen molar-refractivity contribution >= 4 is 0 Å². The van der Waals surface area contributed by atoms with Crippen LogP contribution in [0.4, 0.5) is 0 Å². The van der Waals surface area contributed by atoms with Gasteiger partial charge in [-0.2, -0.15) is 0 Å². The minimum absolute atomic E-state index is 0.244. The van der Waals surface area contributed by atoms with E-state index in [-0.39, 0.29) is 6.10 Å². The highest BCUT2D eigenvalue weighted by atomic mass is 16.5. The molecular formula is C14H21NO. The molecule has 1 aromatic carbocycles. The van der Waals surface area contributed by atoms with Gasteiger partial charge in [-0.25, -0.2) is 0 Å². The summed E-state index contributed by atoms with van der Waals surface area (Å²) in [6.07, 6.45) is 3.93. The quantitative estimate of drug-likeness (QED) is 0.794. The molecule has 1 N–H and O–H groups in total. The predicted molar refractivity (Wildman–Crippen MR) is 66.9 cm³/mol. The van der Waals surface area contributed by atoms with E-state index in [4.69, 9.17) is 4.74 Å². The Hall–Kier alpha value is -1.02. The lowest BCUT2D eigenvalue weighted by Gasteiger charge is -2.17. The van der Waals surface area contributed by atoms with Gasteiger partial charge in [0.25, 0.3) is 0 Å². The van der Waals surface area contributed by atoms with Crippen molar-refractivity contribution in [2.75, 3.05) is 6.54 Å². The summed E-state index contributed by atoms with van der Waals surface area (Å²) >= 11 is 0. The summed E-state index contributed by atoms with van der Waals surface area (Å²) in [5, 5.41) is 3.49. The van der Waals surface area contributed by atoms with Gasteiger partial charge in [0.15, 0.2) is 0 Å². The van der Waals surface area contributed by atoms with Crippen LogP contribution in [-0.4, -0.2) is 18.7 Å². The highest BCUT2D eigenvalue weighted by molar-refractivity contribution is 5.33. The molecule has 0 aromatic heterocycles. The van der Waals surface area contributed by atoms with E-state index >= 15 is 0 Å². The Kier molecular flexibility index (Phi) is 3.83. The standard InChI is InChI=1S/C14H21NO/c1-3-12-6-4-5-7-14(12)16-11(2)10-15-13-8-9-13/h4-7,11,13,15H,3,8-10H2,1-2H3. The van der Waals surface area contributed by atoms with Crippen molar-refractivity contribution in [1.29, 1.82) is 0 Å². The van der Waals surface area contributed by atoms with Crippen LogP contribution in [0.5, 0.6) is 5.75 Å². The van der Waals surface area contributed by atoms with Crippen LogP contribution in [-0.2, 0) is 6.42 Å². The van der Waals surface area contributed by atoms with Crippen molar-refractivity contribution in [2.45, 2.75) is 45.3 Å². The second kappa shape index (κ2) is 5.35. The average Bonchev–Trinajstić information content (AvgIpc) is 3.11. The number of ether oxygens (including phenoxy) is 1. The molecule has 0 aliphatic heterocycles. The van der Waals surface area contributed by atoms with Gasteiger partial charge in [-0.15, -0.1) is 0 Å². The number of rotatable bonds is 6. The SMILES string of the molecule is CCc1ccccc1OC(C)CNC1CC1. The highest BCUT2D eigenvalue weighted by Gasteiger charge is 2.21. The molecule has 0 spiro atoms. The normalized spacial score (nSPS) is 17.1. The minimum atomic E-state index is 0.244. The van der Waals surface area contributed by atoms with Gasteiger partial charge in [0.05, 0.1) is 0 Å². The smallest absolute Gasteiger partial charge is 0.122 e. The Balaban J connectivity index is 1.85. The summed E-state index contributed by atoms with van der Waals surface area (Å²) in [6.45, 7) is 5.24. The molecule has 1 unspecified atom stereocenters. The molecule has 88 valence electrons. The summed E-state index contributed by atoms with van der Waals surface area (Å²) in [6, 6.07) is 9.06. The molecule has 2 rings (SSSR count). The number of benzene rings is 1. The highest BCUT2D eigenvalue weighted by Crippen LogP contribution is 2.21. The minimum Gasteiger partial charge on any atom is -0.489 e. The first-order chi connectivity index (χ1) is 7.79. The van der Waals surface area contributed by atoms with E-state index in [2.05, 4.69) is 37.4 Å². The number of para-hydroxylation sites is 1. The van der Waals surface area contributed by atoms with Gasteiger partial charge < -0.3 is 10.1 Å². The second-order valence-electron chi connectivity index (χ2n) is 4.57. The lowest BCUT2D eigenvalue weighted by molar-refractivity contribution is 0.215. The van der Waals surface area contributed by atoms with E-state index in [1.54, 1.807) is 0 Å². The van der Waals surface area contributed by atoms with Crippen LogP contribution in [0.1, 0.15) is 32.3 Å². The number of hydrogen-bond acceptors (Lipinski definition) is 2. The molecule has 0 amide bonds. The fourth-order valence-corrected chi connectivity index (χ4v) is 1.79. The maximum atomic E-state index is 5.95. The fourth-order valence-electron chi connectivity index (χ4n) is 1.79. The summed E-state index contributed by atoms with van der Waals surface area (Å²) in [5.74, 6) is 1.04. The van der Waals surface area contributed by atoms with Crippen molar-refractivity contribution in [3.8, 4) is 5.75 Å². The van der Waals surface area contributed by atoms with Gasteiger partial charge in [0.2, 0.25) is 0 Å². The van der Waals surface area contributed by atoms with Crippen molar-refractivity contribution in [3.05, 3.63) is 29.8 Å². The van der Waals surface area contributed by atoms with Crippen molar-refractivity contribution in [3.63, 3.8) is 0 Å². The Morgan fingerprint density at radius 1 is 1.38 bits per heavy atom. The number of aryl methyl sites for hydroxylation is 1. The molecular weight excluding hydrogens is 198 g/mol. The maximum absolute atomic E-state index is 5.95. The zero-order valence-electron chi connectivity index (χ0n) is 10.2. The number of nitrogens with one attached hydrogen (secondary N) is 1. The van der Waals surface area contributed by atoms with Gasteiger partial charge in [0.1, 0.15) is 11.9 Å². The van der Waals surface area contributed by atoms with E-state index in [1.165, 1.54) is 18.4 Å². The largest absolute Gasteiger partial charge is 0.489 e. The lowest BCUT2D eigenvalue weighted by atomic mass is 10.1. The van der Waals surface area contributed by atoms with Gasteiger partial charge >= 0.3 is 0 Å². The van der Waals surface area contributed by atoms with E-state index < -0.39 is 0 Å². The predicted octanol–water partition coefficient (Wildman–Crippen LogP) is 2.77. The number of hydrogen-bond donors (Lipinski definition) is 1. The molecule has 1 fully saturated rings. The second-order valence-corrected chi connectivity index (χ2v) is 4.57. The third kappa shape index (κ3) is 3.24. The van der Waals surface area contributed by atoms with E-state index in [1.807, 2.05) is 6.07 Å². The van der Waals surface area contributed by atoms with Crippen LogP contribution in [0, 0.1) is 0 Å². The molecule has 0 bridgehead atoms. The summed E-state index contributed by atoms with van der Waals surface area (Å²) < 4.78 is 5.95. The average molecular weight is 219 g/mol. The first kappa shape index (κ1) is 11.5.